The summed E-state index contributed by atoms with van der Waals surface area (Å²) in [6.45, 7) is 5.44. The van der Waals surface area contributed by atoms with Crippen molar-refractivity contribution in [3.05, 3.63) is 65.1 Å². The molecule has 0 atom stereocenters. The Morgan fingerprint density at radius 3 is 2.71 bits per heavy atom. The highest BCUT2D eigenvalue weighted by molar-refractivity contribution is 6.08. The minimum absolute atomic E-state index is 0.0899. The monoisotopic (exact) mass is 321 g/mol. The van der Waals surface area contributed by atoms with E-state index in [0.717, 1.165) is 17.0 Å². The van der Waals surface area contributed by atoms with E-state index in [1.807, 2.05) is 54.8 Å². The highest BCUT2D eigenvalue weighted by Crippen LogP contribution is 2.17. The Morgan fingerprint density at radius 2 is 1.96 bits per heavy atom. The molecule has 0 saturated carbocycles. The number of nitrogens with zero attached hydrogens (tertiary/aromatic N) is 2. The van der Waals surface area contributed by atoms with Crippen molar-refractivity contribution in [2.24, 2.45) is 0 Å². The summed E-state index contributed by atoms with van der Waals surface area (Å²) in [5.74, 6) is -0.123. The van der Waals surface area contributed by atoms with E-state index in [-0.39, 0.29) is 11.7 Å². The summed E-state index contributed by atoms with van der Waals surface area (Å²) in [4.78, 5) is 28.3. The largest absolute Gasteiger partial charge is 0.322 e. The van der Waals surface area contributed by atoms with E-state index in [2.05, 4.69) is 10.3 Å². The van der Waals surface area contributed by atoms with Crippen molar-refractivity contribution < 1.29 is 9.59 Å². The number of carbonyl (C=O) groups is 2. The predicted molar refractivity (Wildman–Crippen MR) is 93.4 cm³/mol. The molecule has 0 radical (unpaired) electrons. The topological polar surface area (TPSA) is 63.5 Å². The molecule has 5 heteroatoms. The van der Waals surface area contributed by atoms with Gasteiger partial charge in [0.1, 0.15) is 11.4 Å². The molecule has 3 aromatic rings. The first-order valence-corrected chi connectivity index (χ1v) is 7.79. The molecule has 0 bridgehead atoms. The zero-order chi connectivity index (χ0) is 17.3. The summed E-state index contributed by atoms with van der Waals surface area (Å²) in [5, 5.41) is 2.89. The summed E-state index contributed by atoms with van der Waals surface area (Å²) in [7, 11) is 0. The van der Waals surface area contributed by atoms with E-state index in [1.54, 1.807) is 13.0 Å². The molecule has 24 heavy (non-hydrogen) atoms. The standard InChI is InChI=1S/C19H19N3O2/c1-12-9-13(2)22-8-7-17(18(22)20-12)19(24)21-16-6-4-5-15(11-16)10-14(3)23/h4-9,11H,10H2,1-3H3,(H,21,24). The van der Waals surface area contributed by atoms with Gasteiger partial charge in [-0.2, -0.15) is 0 Å². The molecule has 5 nitrogen and oxygen atoms in total. The van der Waals surface area contributed by atoms with E-state index in [4.69, 9.17) is 0 Å². The van der Waals surface area contributed by atoms with Crippen LogP contribution < -0.4 is 5.32 Å². The fourth-order valence-electron chi connectivity index (χ4n) is 2.82. The minimum atomic E-state index is -0.213. The van der Waals surface area contributed by atoms with Crippen molar-refractivity contribution in [1.29, 1.82) is 0 Å². The molecule has 0 fully saturated rings. The van der Waals surface area contributed by atoms with Crippen LogP contribution in [-0.4, -0.2) is 21.1 Å². The lowest BCUT2D eigenvalue weighted by atomic mass is 10.1. The lowest BCUT2D eigenvalue weighted by molar-refractivity contribution is -0.116. The summed E-state index contributed by atoms with van der Waals surface area (Å²) in [6, 6.07) is 11.1. The number of nitrogens with one attached hydrogen (secondary N) is 1. The minimum Gasteiger partial charge on any atom is -0.322 e. The van der Waals surface area contributed by atoms with Gasteiger partial charge in [-0.15, -0.1) is 0 Å². The lowest BCUT2D eigenvalue weighted by Crippen LogP contribution is -2.12. The van der Waals surface area contributed by atoms with Crippen LogP contribution in [0.4, 0.5) is 5.69 Å². The molecule has 0 unspecified atom stereocenters. The molecule has 0 saturated heterocycles. The SMILES string of the molecule is CC(=O)Cc1cccc(NC(=O)c2ccn3c(C)cc(C)nc23)c1. The molecule has 122 valence electrons. The Balaban J connectivity index is 1.89. The van der Waals surface area contributed by atoms with Gasteiger partial charge >= 0.3 is 0 Å². The van der Waals surface area contributed by atoms with Crippen LogP contribution in [0.3, 0.4) is 0 Å². The van der Waals surface area contributed by atoms with Crippen molar-refractivity contribution >= 4 is 23.0 Å². The first-order chi connectivity index (χ1) is 11.4. The molecule has 1 aromatic carbocycles. The number of hydrogen-bond acceptors (Lipinski definition) is 3. The van der Waals surface area contributed by atoms with Crippen molar-refractivity contribution in [1.82, 2.24) is 9.38 Å². The smallest absolute Gasteiger partial charge is 0.259 e. The van der Waals surface area contributed by atoms with Gasteiger partial charge in [-0.3, -0.25) is 9.59 Å². The lowest BCUT2D eigenvalue weighted by Gasteiger charge is -2.07. The van der Waals surface area contributed by atoms with Crippen LogP contribution in [0, 0.1) is 13.8 Å². The number of hydrogen-bond donors (Lipinski definition) is 1. The van der Waals surface area contributed by atoms with Crippen LogP contribution in [-0.2, 0) is 11.2 Å². The first kappa shape index (κ1) is 15.9. The maximum absolute atomic E-state index is 12.6. The fourth-order valence-corrected chi connectivity index (χ4v) is 2.82. The third-order valence-electron chi connectivity index (χ3n) is 3.82. The summed E-state index contributed by atoms with van der Waals surface area (Å²) >= 11 is 0. The zero-order valence-electron chi connectivity index (χ0n) is 14.0. The van der Waals surface area contributed by atoms with Crippen LogP contribution in [0.5, 0.6) is 0 Å². The van der Waals surface area contributed by atoms with Gasteiger partial charge in [-0.25, -0.2) is 4.98 Å². The quantitative estimate of drug-likeness (QED) is 0.801. The number of carbonyl (C=O) groups excluding carboxylic acids is 2. The van der Waals surface area contributed by atoms with Crippen molar-refractivity contribution in [3.8, 4) is 0 Å². The summed E-state index contributed by atoms with van der Waals surface area (Å²) in [6.07, 6.45) is 2.21. The number of rotatable bonds is 4. The number of aryl methyl sites for hydroxylation is 2. The second-order valence-electron chi connectivity index (χ2n) is 6.00. The number of amides is 1. The number of anilines is 1. The van der Waals surface area contributed by atoms with E-state index < -0.39 is 0 Å². The van der Waals surface area contributed by atoms with Crippen molar-refractivity contribution in [3.63, 3.8) is 0 Å². The van der Waals surface area contributed by atoms with Gasteiger partial charge in [-0.1, -0.05) is 12.1 Å². The van der Waals surface area contributed by atoms with Gasteiger partial charge in [0.05, 0.1) is 5.56 Å². The average Bonchev–Trinajstić information content (AvgIpc) is 2.91. The van der Waals surface area contributed by atoms with Gasteiger partial charge in [0.15, 0.2) is 0 Å². The fraction of sp³-hybridized carbons (Fsp3) is 0.211. The number of Topliss-reactive ketones (excluding diaryl/α,β-unsaturated/α-hetero) is 1. The average molecular weight is 321 g/mol. The first-order valence-electron chi connectivity index (χ1n) is 7.79. The van der Waals surface area contributed by atoms with Crippen LogP contribution >= 0.6 is 0 Å². The molecule has 0 spiro atoms. The van der Waals surface area contributed by atoms with Gasteiger partial charge in [-0.05, 0) is 50.6 Å². The normalized spacial score (nSPS) is 10.8. The number of benzene rings is 1. The van der Waals surface area contributed by atoms with E-state index >= 15 is 0 Å². The molecule has 0 aliphatic heterocycles. The predicted octanol–water partition coefficient (Wildman–Crippen LogP) is 3.33. The van der Waals surface area contributed by atoms with Crippen LogP contribution in [0.25, 0.3) is 5.65 Å². The third-order valence-corrected chi connectivity index (χ3v) is 3.82. The van der Waals surface area contributed by atoms with Gasteiger partial charge in [0.25, 0.3) is 5.91 Å². The van der Waals surface area contributed by atoms with E-state index in [0.29, 0.717) is 23.3 Å². The number of fused-ring (bicyclic) bond motifs is 1. The molecule has 1 N–H and O–H groups in total. The second kappa shape index (κ2) is 6.28. The maximum atomic E-state index is 12.6. The van der Waals surface area contributed by atoms with Gasteiger partial charge < -0.3 is 9.72 Å². The highest BCUT2D eigenvalue weighted by atomic mass is 16.1. The Hall–Kier alpha value is -2.95. The Kier molecular flexibility index (Phi) is 4.16. The van der Waals surface area contributed by atoms with Crippen molar-refractivity contribution in [2.45, 2.75) is 27.2 Å². The molecular formula is C19H19N3O2. The third kappa shape index (κ3) is 3.20. The maximum Gasteiger partial charge on any atom is 0.259 e. The molecule has 2 heterocycles. The Morgan fingerprint density at radius 1 is 1.17 bits per heavy atom. The van der Waals surface area contributed by atoms with E-state index in [9.17, 15) is 9.59 Å². The van der Waals surface area contributed by atoms with Crippen LogP contribution in [0.15, 0.2) is 42.6 Å². The Labute approximate surface area is 140 Å². The molecule has 2 aromatic heterocycles. The number of ketones is 1. The van der Waals surface area contributed by atoms with Crippen molar-refractivity contribution in [2.75, 3.05) is 5.32 Å². The van der Waals surface area contributed by atoms with E-state index in [1.165, 1.54) is 0 Å². The van der Waals surface area contributed by atoms with Gasteiger partial charge in [0.2, 0.25) is 0 Å². The van der Waals surface area contributed by atoms with Crippen LogP contribution in [0.1, 0.15) is 34.2 Å². The molecule has 1 amide bonds. The molecule has 0 aliphatic rings. The molecule has 3 rings (SSSR count). The van der Waals surface area contributed by atoms with Gasteiger partial charge in [0, 0.05) is 29.7 Å². The summed E-state index contributed by atoms with van der Waals surface area (Å²) < 4.78 is 1.90. The second-order valence-corrected chi connectivity index (χ2v) is 6.00. The summed E-state index contributed by atoms with van der Waals surface area (Å²) in [5.41, 5.74) is 4.62. The molecular weight excluding hydrogens is 302 g/mol. The highest BCUT2D eigenvalue weighted by Gasteiger charge is 2.14. The number of aromatic nitrogens is 2. The zero-order valence-corrected chi connectivity index (χ0v) is 14.0. The Bertz CT molecular complexity index is 941. The molecule has 0 aliphatic carbocycles. The van der Waals surface area contributed by atoms with Crippen LogP contribution in [0.2, 0.25) is 0 Å².